The maximum Gasteiger partial charge on any atom is 0.418 e. The van der Waals surface area contributed by atoms with Gasteiger partial charge in [0, 0.05) is 17.4 Å². The van der Waals surface area contributed by atoms with E-state index in [1.54, 1.807) is 18.2 Å². The molecule has 0 amide bonds. The monoisotopic (exact) mass is 334 g/mol. The minimum Gasteiger partial charge on any atom is -0.379 e. The van der Waals surface area contributed by atoms with Crippen molar-refractivity contribution in [2.75, 3.05) is 18.0 Å². The molecule has 1 aromatic rings. The number of aliphatic hydroxyl groups is 1. The molecule has 1 N–H and O–H groups in total. The summed E-state index contributed by atoms with van der Waals surface area (Å²) in [6.45, 7) is -0.487. The number of β-amino-alcohol motifs (C(OH)–C–C–N with tert-alkyl or cyclic N) is 1. The Labute approximate surface area is 116 Å². The first-order valence-electron chi connectivity index (χ1n) is 5.50. The van der Waals surface area contributed by atoms with E-state index in [1.165, 1.54) is 4.90 Å². The molecular formula is C12H10BrF3N2O. The molecule has 1 saturated heterocycles. The number of anilines is 1. The molecule has 1 aliphatic heterocycles. The number of hydrogen-bond acceptors (Lipinski definition) is 3. The van der Waals surface area contributed by atoms with Crippen LogP contribution in [0.25, 0.3) is 0 Å². The lowest BCUT2D eigenvalue weighted by atomic mass is 10.0. The normalized spacial score (nSPS) is 23.5. The molecule has 19 heavy (non-hydrogen) atoms. The quantitative estimate of drug-likeness (QED) is 0.859. The zero-order chi connectivity index (χ0) is 14.3. The summed E-state index contributed by atoms with van der Waals surface area (Å²) in [5.74, 6) is 0. The fraction of sp³-hybridized carbons (Fsp3) is 0.417. The zero-order valence-corrected chi connectivity index (χ0v) is 11.3. The molecule has 1 aliphatic rings. The summed E-state index contributed by atoms with van der Waals surface area (Å²) in [5.41, 5.74) is -2.01. The summed E-state index contributed by atoms with van der Waals surface area (Å²) < 4.78 is 38.9. The van der Waals surface area contributed by atoms with Gasteiger partial charge in [0.15, 0.2) is 5.60 Å². The van der Waals surface area contributed by atoms with E-state index in [4.69, 9.17) is 5.26 Å². The lowest BCUT2D eigenvalue weighted by molar-refractivity contribution is -0.250. The Hall–Kier alpha value is -1.26. The van der Waals surface area contributed by atoms with Gasteiger partial charge in [-0.25, -0.2) is 0 Å². The molecule has 1 fully saturated rings. The third-order valence-electron chi connectivity index (χ3n) is 3.20. The molecule has 0 saturated carbocycles. The highest BCUT2D eigenvalue weighted by atomic mass is 79.9. The average molecular weight is 335 g/mol. The smallest absolute Gasteiger partial charge is 0.379 e. The van der Waals surface area contributed by atoms with E-state index in [2.05, 4.69) is 15.9 Å². The van der Waals surface area contributed by atoms with Gasteiger partial charge in [-0.15, -0.1) is 0 Å². The van der Waals surface area contributed by atoms with Gasteiger partial charge in [0.05, 0.1) is 17.8 Å². The number of halogens is 4. The van der Waals surface area contributed by atoms with Gasteiger partial charge in [-0.2, -0.15) is 18.4 Å². The minimum atomic E-state index is -4.66. The van der Waals surface area contributed by atoms with E-state index in [0.29, 0.717) is 10.2 Å². The lowest BCUT2D eigenvalue weighted by Crippen LogP contribution is -2.47. The number of nitrogens with zero attached hydrogens (tertiary/aromatic N) is 2. The summed E-state index contributed by atoms with van der Waals surface area (Å²) in [6.07, 6.45) is -5.05. The summed E-state index contributed by atoms with van der Waals surface area (Å²) in [4.78, 5) is 1.39. The highest BCUT2D eigenvalue weighted by Gasteiger charge is 2.57. The van der Waals surface area contributed by atoms with Crippen LogP contribution in [0.5, 0.6) is 0 Å². The van der Waals surface area contributed by atoms with Crippen molar-refractivity contribution in [3.8, 4) is 6.07 Å². The highest BCUT2D eigenvalue weighted by Crippen LogP contribution is 2.40. The largest absolute Gasteiger partial charge is 0.418 e. The maximum absolute atomic E-state index is 12.7. The van der Waals surface area contributed by atoms with Gasteiger partial charge in [-0.1, -0.05) is 15.9 Å². The molecule has 0 spiro atoms. The number of nitriles is 1. The van der Waals surface area contributed by atoms with Gasteiger partial charge in [0.2, 0.25) is 0 Å². The van der Waals surface area contributed by atoms with Crippen molar-refractivity contribution in [2.45, 2.75) is 18.2 Å². The van der Waals surface area contributed by atoms with E-state index in [9.17, 15) is 18.3 Å². The molecule has 3 nitrogen and oxygen atoms in total. The Morgan fingerprint density at radius 1 is 1.42 bits per heavy atom. The first-order valence-corrected chi connectivity index (χ1v) is 6.30. The van der Waals surface area contributed by atoms with Crippen molar-refractivity contribution in [3.63, 3.8) is 0 Å². The fourth-order valence-electron chi connectivity index (χ4n) is 2.10. The van der Waals surface area contributed by atoms with Crippen LogP contribution in [0.4, 0.5) is 18.9 Å². The Kier molecular flexibility index (Phi) is 3.49. The molecule has 1 atom stereocenters. The van der Waals surface area contributed by atoms with Gasteiger partial charge >= 0.3 is 6.18 Å². The molecule has 102 valence electrons. The van der Waals surface area contributed by atoms with Gasteiger partial charge in [0.1, 0.15) is 6.07 Å². The molecule has 1 aromatic carbocycles. The number of hydrogen-bond donors (Lipinski definition) is 1. The van der Waals surface area contributed by atoms with E-state index < -0.39 is 24.7 Å². The van der Waals surface area contributed by atoms with Crippen LogP contribution in [-0.4, -0.2) is 30.0 Å². The standard InChI is InChI=1S/C12H10BrF3N2O/c13-9-1-2-10(8(5-9)6-17)18-4-3-11(19,7-18)12(14,15)16/h1-2,5,19H,3-4,7H2/t11-/m0/s1. The summed E-state index contributed by atoms with van der Waals surface area (Å²) in [6, 6.07) is 6.71. The Morgan fingerprint density at radius 2 is 2.11 bits per heavy atom. The van der Waals surface area contributed by atoms with Crippen LogP contribution < -0.4 is 4.90 Å². The van der Waals surface area contributed by atoms with E-state index in [1.807, 2.05) is 6.07 Å². The Balaban J connectivity index is 2.30. The number of benzene rings is 1. The molecular weight excluding hydrogens is 325 g/mol. The zero-order valence-electron chi connectivity index (χ0n) is 9.71. The van der Waals surface area contributed by atoms with Gasteiger partial charge in [0.25, 0.3) is 0 Å². The van der Waals surface area contributed by atoms with Crippen LogP contribution in [0.15, 0.2) is 22.7 Å². The van der Waals surface area contributed by atoms with Crippen molar-refractivity contribution in [1.29, 1.82) is 5.26 Å². The van der Waals surface area contributed by atoms with E-state index >= 15 is 0 Å². The first-order chi connectivity index (χ1) is 8.77. The van der Waals surface area contributed by atoms with Crippen LogP contribution >= 0.6 is 15.9 Å². The van der Waals surface area contributed by atoms with Gasteiger partial charge in [-0.05, 0) is 18.2 Å². The molecule has 0 bridgehead atoms. The molecule has 0 unspecified atom stereocenters. The second-order valence-corrected chi connectivity index (χ2v) is 5.39. The van der Waals surface area contributed by atoms with Crippen LogP contribution in [0.3, 0.4) is 0 Å². The minimum absolute atomic E-state index is 0.0618. The van der Waals surface area contributed by atoms with Crippen molar-refractivity contribution in [1.82, 2.24) is 0 Å². The second-order valence-electron chi connectivity index (χ2n) is 4.47. The van der Waals surface area contributed by atoms with E-state index in [0.717, 1.165) is 0 Å². The molecule has 7 heteroatoms. The molecule has 0 radical (unpaired) electrons. The third kappa shape index (κ3) is 2.55. The number of alkyl halides is 3. The molecule has 2 rings (SSSR count). The predicted molar refractivity (Wildman–Crippen MR) is 66.7 cm³/mol. The highest BCUT2D eigenvalue weighted by molar-refractivity contribution is 9.10. The summed E-state index contributed by atoms with van der Waals surface area (Å²) in [7, 11) is 0. The van der Waals surface area contributed by atoms with Crippen molar-refractivity contribution in [2.24, 2.45) is 0 Å². The van der Waals surface area contributed by atoms with Crippen LogP contribution in [-0.2, 0) is 0 Å². The summed E-state index contributed by atoms with van der Waals surface area (Å²) >= 11 is 3.20. The van der Waals surface area contributed by atoms with Gasteiger partial charge < -0.3 is 10.0 Å². The van der Waals surface area contributed by atoms with Gasteiger partial charge in [-0.3, -0.25) is 0 Å². The average Bonchev–Trinajstić information content (AvgIpc) is 2.72. The second kappa shape index (κ2) is 4.69. The van der Waals surface area contributed by atoms with Crippen molar-refractivity contribution < 1.29 is 18.3 Å². The third-order valence-corrected chi connectivity index (χ3v) is 3.69. The lowest BCUT2D eigenvalue weighted by Gasteiger charge is -2.27. The molecule has 0 aliphatic carbocycles. The van der Waals surface area contributed by atoms with Crippen molar-refractivity contribution >= 4 is 21.6 Å². The van der Waals surface area contributed by atoms with Crippen LogP contribution in [0.2, 0.25) is 0 Å². The van der Waals surface area contributed by atoms with E-state index in [-0.39, 0.29) is 12.1 Å². The summed E-state index contributed by atoms with van der Waals surface area (Å²) in [5, 5.41) is 18.6. The molecule has 0 aromatic heterocycles. The number of rotatable bonds is 1. The Bertz CT molecular complexity index is 541. The first kappa shape index (κ1) is 14.2. The topological polar surface area (TPSA) is 47.3 Å². The van der Waals surface area contributed by atoms with Crippen LogP contribution in [0.1, 0.15) is 12.0 Å². The molecule has 1 heterocycles. The fourth-order valence-corrected chi connectivity index (χ4v) is 2.47. The van der Waals surface area contributed by atoms with Crippen LogP contribution in [0, 0.1) is 11.3 Å². The maximum atomic E-state index is 12.7. The van der Waals surface area contributed by atoms with Crippen molar-refractivity contribution in [3.05, 3.63) is 28.2 Å². The predicted octanol–water partition coefficient (Wildman–Crippen LogP) is 2.82. The SMILES string of the molecule is N#Cc1cc(Br)ccc1N1CC[C@@](O)(C(F)(F)F)C1. The Morgan fingerprint density at radius 3 is 2.63 bits per heavy atom.